The Morgan fingerprint density at radius 2 is 2.21 bits per heavy atom. The highest BCUT2D eigenvalue weighted by atomic mass is 16.5. The molecule has 3 heteroatoms. The van der Waals surface area contributed by atoms with E-state index < -0.39 is 5.97 Å². The van der Waals surface area contributed by atoms with Crippen LogP contribution in [0.2, 0.25) is 0 Å². The fourth-order valence-corrected chi connectivity index (χ4v) is 1.20. The molecule has 0 heterocycles. The average molecular weight is 192 g/mol. The van der Waals surface area contributed by atoms with Crippen molar-refractivity contribution in [2.45, 2.75) is 6.92 Å². The van der Waals surface area contributed by atoms with Crippen LogP contribution in [0.1, 0.15) is 22.8 Å². The molecule has 0 spiro atoms. The van der Waals surface area contributed by atoms with E-state index in [1.54, 1.807) is 24.3 Å². The molecule has 0 saturated heterocycles. The molecule has 1 aromatic rings. The Bertz CT molecular complexity index is 367. The normalized spacial score (nSPS) is 10.4. The summed E-state index contributed by atoms with van der Waals surface area (Å²) in [6.45, 7) is 1.84. The number of carbonyl (C=O) groups is 1. The van der Waals surface area contributed by atoms with Gasteiger partial charge in [0.2, 0.25) is 0 Å². The van der Waals surface area contributed by atoms with Gasteiger partial charge in [0, 0.05) is 0 Å². The first kappa shape index (κ1) is 10.3. The summed E-state index contributed by atoms with van der Waals surface area (Å²) in [6.07, 6.45) is 3.53. The van der Waals surface area contributed by atoms with E-state index in [4.69, 9.17) is 0 Å². The van der Waals surface area contributed by atoms with E-state index in [-0.39, 0.29) is 11.3 Å². The molecule has 0 aliphatic heterocycles. The molecule has 0 unspecified atom stereocenters. The molecule has 0 amide bonds. The Morgan fingerprint density at radius 3 is 2.79 bits per heavy atom. The number of ether oxygens (including phenoxy) is 1. The minimum absolute atomic E-state index is 0.0625. The monoisotopic (exact) mass is 192 g/mol. The largest absolute Gasteiger partial charge is 0.507 e. The van der Waals surface area contributed by atoms with E-state index in [2.05, 4.69) is 4.74 Å². The summed E-state index contributed by atoms with van der Waals surface area (Å²) in [6, 6.07) is 4.88. The summed E-state index contributed by atoms with van der Waals surface area (Å²) in [4.78, 5) is 11.3. The molecule has 74 valence electrons. The molecule has 0 aliphatic carbocycles. The van der Waals surface area contributed by atoms with Crippen LogP contribution in [-0.2, 0) is 4.74 Å². The third kappa shape index (κ3) is 1.93. The van der Waals surface area contributed by atoms with Gasteiger partial charge in [0.1, 0.15) is 11.3 Å². The summed E-state index contributed by atoms with van der Waals surface area (Å²) in [7, 11) is 1.29. The van der Waals surface area contributed by atoms with Crippen LogP contribution in [0.5, 0.6) is 5.75 Å². The maximum absolute atomic E-state index is 11.3. The summed E-state index contributed by atoms with van der Waals surface area (Å²) in [5.41, 5.74) is 0.854. The second kappa shape index (κ2) is 4.46. The predicted octanol–water partition coefficient (Wildman–Crippen LogP) is 2.21. The average Bonchev–Trinajstić information content (AvgIpc) is 2.18. The predicted molar refractivity (Wildman–Crippen MR) is 54.2 cm³/mol. The standard InChI is InChI=1S/C11H12O3/c1-3-5-8-6-4-7-9(12)10(8)11(13)14-2/h3-7,12H,1-2H3/b5-3+. The second-order valence-electron chi connectivity index (χ2n) is 2.73. The zero-order chi connectivity index (χ0) is 10.6. The first-order chi connectivity index (χ1) is 6.70. The molecular formula is C11H12O3. The smallest absolute Gasteiger partial charge is 0.342 e. The van der Waals surface area contributed by atoms with Gasteiger partial charge >= 0.3 is 5.97 Å². The Labute approximate surface area is 82.6 Å². The molecule has 0 atom stereocenters. The highest BCUT2D eigenvalue weighted by Crippen LogP contribution is 2.22. The number of phenols is 1. The Balaban J connectivity index is 3.29. The molecule has 1 N–H and O–H groups in total. The molecule has 0 fully saturated rings. The lowest BCUT2D eigenvalue weighted by molar-refractivity contribution is 0.0597. The Kier molecular flexibility index (Phi) is 3.29. The van der Waals surface area contributed by atoms with Crippen LogP contribution in [-0.4, -0.2) is 18.2 Å². The molecule has 0 saturated carbocycles. The van der Waals surface area contributed by atoms with E-state index in [0.717, 1.165) is 0 Å². The molecule has 0 radical (unpaired) electrons. The maximum Gasteiger partial charge on any atom is 0.342 e. The lowest BCUT2D eigenvalue weighted by Gasteiger charge is -2.05. The maximum atomic E-state index is 11.3. The minimum atomic E-state index is -0.531. The Morgan fingerprint density at radius 1 is 1.50 bits per heavy atom. The Hall–Kier alpha value is -1.77. The SMILES string of the molecule is C/C=C/c1cccc(O)c1C(=O)OC. The fraction of sp³-hybridized carbons (Fsp3) is 0.182. The van der Waals surface area contributed by atoms with E-state index >= 15 is 0 Å². The van der Waals surface area contributed by atoms with Crippen molar-refractivity contribution in [2.24, 2.45) is 0 Å². The minimum Gasteiger partial charge on any atom is -0.507 e. The molecule has 0 aliphatic rings. The topological polar surface area (TPSA) is 46.5 Å². The number of allylic oxidation sites excluding steroid dienone is 1. The van der Waals surface area contributed by atoms with Crippen molar-refractivity contribution in [3.05, 3.63) is 35.4 Å². The lowest BCUT2D eigenvalue weighted by atomic mass is 10.1. The van der Waals surface area contributed by atoms with Crippen molar-refractivity contribution in [1.29, 1.82) is 0 Å². The van der Waals surface area contributed by atoms with Crippen molar-refractivity contribution < 1.29 is 14.6 Å². The van der Waals surface area contributed by atoms with Gasteiger partial charge < -0.3 is 9.84 Å². The van der Waals surface area contributed by atoms with Crippen LogP contribution in [0.15, 0.2) is 24.3 Å². The summed E-state index contributed by atoms with van der Waals surface area (Å²) in [5, 5.41) is 9.48. The number of aromatic hydroxyl groups is 1. The van der Waals surface area contributed by atoms with Gasteiger partial charge in [0.05, 0.1) is 7.11 Å². The van der Waals surface area contributed by atoms with Crippen LogP contribution in [0, 0.1) is 0 Å². The summed E-state index contributed by atoms with van der Waals surface area (Å²) < 4.78 is 4.57. The number of esters is 1. The fourth-order valence-electron chi connectivity index (χ4n) is 1.20. The molecule has 14 heavy (non-hydrogen) atoms. The van der Waals surface area contributed by atoms with E-state index in [0.29, 0.717) is 5.56 Å². The number of rotatable bonds is 2. The first-order valence-electron chi connectivity index (χ1n) is 4.23. The zero-order valence-corrected chi connectivity index (χ0v) is 8.15. The quantitative estimate of drug-likeness (QED) is 0.731. The van der Waals surface area contributed by atoms with Gasteiger partial charge in [-0.2, -0.15) is 0 Å². The molecule has 0 aromatic heterocycles. The molecule has 1 rings (SSSR count). The third-order valence-electron chi connectivity index (χ3n) is 1.81. The van der Waals surface area contributed by atoms with Crippen LogP contribution >= 0.6 is 0 Å². The summed E-state index contributed by atoms with van der Waals surface area (Å²) in [5.74, 6) is -0.594. The second-order valence-corrected chi connectivity index (χ2v) is 2.73. The van der Waals surface area contributed by atoms with Gasteiger partial charge in [-0.15, -0.1) is 0 Å². The first-order valence-corrected chi connectivity index (χ1v) is 4.23. The number of methoxy groups -OCH3 is 1. The number of hydrogen-bond donors (Lipinski definition) is 1. The van der Waals surface area contributed by atoms with Gasteiger partial charge in [-0.3, -0.25) is 0 Å². The van der Waals surface area contributed by atoms with E-state index in [9.17, 15) is 9.90 Å². The molecule has 3 nitrogen and oxygen atoms in total. The van der Waals surface area contributed by atoms with E-state index in [1.807, 2.05) is 6.92 Å². The molecule has 0 bridgehead atoms. The third-order valence-corrected chi connectivity index (χ3v) is 1.81. The van der Waals surface area contributed by atoms with Crippen molar-refractivity contribution in [3.8, 4) is 5.75 Å². The van der Waals surface area contributed by atoms with Gasteiger partial charge in [0.15, 0.2) is 0 Å². The highest BCUT2D eigenvalue weighted by Gasteiger charge is 2.14. The zero-order valence-electron chi connectivity index (χ0n) is 8.15. The molecule has 1 aromatic carbocycles. The van der Waals surface area contributed by atoms with Crippen LogP contribution in [0.25, 0.3) is 6.08 Å². The lowest BCUT2D eigenvalue weighted by Crippen LogP contribution is -2.03. The summed E-state index contributed by atoms with van der Waals surface area (Å²) >= 11 is 0. The van der Waals surface area contributed by atoms with Crippen LogP contribution in [0.4, 0.5) is 0 Å². The van der Waals surface area contributed by atoms with Crippen LogP contribution < -0.4 is 0 Å². The highest BCUT2D eigenvalue weighted by molar-refractivity contribution is 5.96. The van der Waals surface area contributed by atoms with Crippen molar-refractivity contribution in [3.63, 3.8) is 0 Å². The number of carbonyl (C=O) groups excluding carboxylic acids is 1. The number of benzene rings is 1. The van der Waals surface area contributed by atoms with Gasteiger partial charge in [-0.05, 0) is 18.6 Å². The van der Waals surface area contributed by atoms with Crippen molar-refractivity contribution >= 4 is 12.0 Å². The number of hydrogen-bond acceptors (Lipinski definition) is 3. The van der Waals surface area contributed by atoms with E-state index in [1.165, 1.54) is 13.2 Å². The van der Waals surface area contributed by atoms with Gasteiger partial charge in [-0.1, -0.05) is 24.3 Å². The van der Waals surface area contributed by atoms with Crippen LogP contribution in [0.3, 0.4) is 0 Å². The van der Waals surface area contributed by atoms with Gasteiger partial charge in [0.25, 0.3) is 0 Å². The molecular weight excluding hydrogens is 180 g/mol. The van der Waals surface area contributed by atoms with Gasteiger partial charge in [-0.25, -0.2) is 4.79 Å². The van der Waals surface area contributed by atoms with Crippen molar-refractivity contribution in [2.75, 3.05) is 7.11 Å². The number of phenolic OH excluding ortho intramolecular Hbond substituents is 1. The van der Waals surface area contributed by atoms with Crippen molar-refractivity contribution in [1.82, 2.24) is 0 Å².